The number of fused-ring (bicyclic) bond motifs is 3. The zero-order chi connectivity index (χ0) is 23.8. The molecular weight excluding hydrogens is 428 g/mol. The van der Waals surface area contributed by atoms with Crippen molar-refractivity contribution in [3.63, 3.8) is 0 Å². The predicted molar refractivity (Wildman–Crippen MR) is 139 cm³/mol. The molecule has 0 saturated carbocycles. The molecule has 4 nitrogen and oxygen atoms in total. The van der Waals surface area contributed by atoms with Crippen LogP contribution in [0.3, 0.4) is 0 Å². The summed E-state index contributed by atoms with van der Waals surface area (Å²) in [6.45, 7) is 0. The van der Waals surface area contributed by atoms with Crippen molar-refractivity contribution in [2.24, 2.45) is 0 Å². The lowest BCUT2D eigenvalue weighted by molar-refractivity contribution is 1.18. The van der Waals surface area contributed by atoms with Gasteiger partial charge in [0.25, 0.3) is 0 Å². The molecule has 0 bridgehead atoms. The number of hydrogen-bond donors (Lipinski definition) is 0. The molecule has 35 heavy (non-hydrogen) atoms. The van der Waals surface area contributed by atoms with Gasteiger partial charge in [0.15, 0.2) is 0 Å². The summed E-state index contributed by atoms with van der Waals surface area (Å²) in [6, 6.07) is 38.8. The van der Waals surface area contributed by atoms with Crippen LogP contribution < -0.4 is 0 Å². The van der Waals surface area contributed by atoms with Gasteiger partial charge in [0.05, 0.1) is 39.6 Å². The average Bonchev–Trinajstić information content (AvgIpc) is 3.26. The van der Waals surface area contributed by atoms with Gasteiger partial charge in [0.2, 0.25) is 0 Å². The molecule has 6 aromatic rings. The summed E-state index contributed by atoms with van der Waals surface area (Å²) in [5, 5.41) is 20.8. The van der Waals surface area contributed by atoms with E-state index < -0.39 is 0 Å². The molecule has 0 unspecified atom stereocenters. The lowest BCUT2D eigenvalue weighted by Gasteiger charge is -2.16. The molecule has 0 fully saturated rings. The molecule has 0 amide bonds. The molecule has 2 heterocycles. The summed E-state index contributed by atoms with van der Waals surface area (Å²) in [4.78, 5) is 4.56. The molecule has 0 atom stereocenters. The highest BCUT2D eigenvalue weighted by Gasteiger charge is 2.17. The third-order valence-corrected chi connectivity index (χ3v) is 6.33. The molecule has 0 spiro atoms. The van der Waals surface area contributed by atoms with E-state index in [1.807, 2.05) is 60.7 Å². The van der Waals surface area contributed by atoms with E-state index in [0.717, 1.165) is 49.9 Å². The van der Waals surface area contributed by atoms with Crippen LogP contribution in [0.25, 0.3) is 49.9 Å². The lowest BCUT2D eigenvalue weighted by Crippen LogP contribution is -1.98. The van der Waals surface area contributed by atoms with E-state index >= 15 is 0 Å². The van der Waals surface area contributed by atoms with Crippen molar-refractivity contribution in [2.45, 2.75) is 0 Å². The van der Waals surface area contributed by atoms with Crippen molar-refractivity contribution in [1.29, 1.82) is 10.5 Å². The number of benzene rings is 4. The number of nitriles is 2. The molecule has 0 aliphatic carbocycles. The predicted octanol–water partition coefficient (Wildman–Crippen LogP) is 7.26. The van der Waals surface area contributed by atoms with Gasteiger partial charge in [0.1, 0.15) is 6.07 Å². The highest BCUT2D eigenvalue weighted by atomic mass is 15.0. The van der Waals surface area contributed by atoms with Crippen LogP contribution in [0.15, 0.2) is 109 Å². The van der Waals surface area contributed by atoms with Crippen molar-refractivity contribution in [3.05, 3.63) is 120 Å². The van der Waals surface area contributed by atoms with Gasteiger partial charge in [-0.2, -0.15) is 10.5 Å². The fraction of sp³-hybridized carbons (Fsp3) is 0. The molecule has 162 valence electrons. The van der Waals surface area contributed by atoms with Crippen molar-refractivity contribution < 1.29 is 0 Å². The average molecular weight is 447 g/mol. The first kappa shape index (κ1) is 20.4. The second-order valence-electron chi connectivity index (χ2n) is 8.30. The van der Waals surface area contributed by atoms with Crippen LogP contribution >= 0.6 is 0 Å². The molecule has 0 radical (unpaired) electrons. The van der Waals surface area contributed by atoms with E-state index in [-0.39, 0.29) is 0 Å². The third kappa shape index (κ3) is 3.33. The first-order valence-corrected chi connectivity index (χ1v) is 11.3. The first-order chi connectivity index (χ1) is 17.3. The standard InChI is InChI=1S/C31H18N4/c32-18-21-14-16-31-27(17-21)26-10-4-6-12-30(26)35(31)29-11-5-3-9-25(29)23-7-1-2-8-24(23)28-15-13-22(19-33)20-34-28/h1-17,20H. The molecule has 0 N–H and O–H groups in total. The molecular formula is C31H18N4. The Morgan fingerprint density at radius 3 is 2.00 bits per heavy atom. The Bertz CT molecular complexity index is 1810. The van der Waals surface area contributed by atoms with Gasteiger partial charge in [-0.15, -0.1) is 0 Å². The van der Waals surface area contributed by atoms with Crippen LogP contribution in [-0.4, -0.2) is 9.55 Å². The van der Waals surface area contributed by atoms with Crippen molar-refractivity contribution >= 4 is 21.8 Å². The number of aromatic nitrogens is 2. The Morgan fingerprint density at radius 1 is 0.571 bits per heavy atom. The minimum Gasteiger partial charge on any atom is -0.309 e. The molecule has 0 aliphatic heterocycles. The van der Waals surface area contributed by atoms with Gasteiger partial charge >= 0.3 is 0 Å². The zero-order valence-corrected chi connectivity index (χ0v) is 18.7. The Balaban J connectivity index is 1.64. The maximum Gasteiger partial charge on any atom is 0.101 e. The number of rotatable bonds is 3. The minimum absolute atomic E-state index is 0.536. The van der Waals surface area contributed by atoms with Crippen LogP contribution in [0.5, 0.6) is 0 Å². The largest absolute Gasteiger partial charge is 0.309 e. The van der Waals surface area contributed by atoms with E-state index in [0.29, 0.717) is 11.1 Å². The zero-order valence-electron chi connectivity index (χ0n) is 18.7. The minimum atomic E-state index is 0.536. The fourth-order valence-electron chi connectivity index (χ4n) is 4.76. The second kappa shape index (κ2) is 8.30. The topological polar surface area (TPSA) is 65.4 Å². The maximum atomic E-state index is 9.48. The number of hydrogen-bond acceptors (Lipinski definition) is 3. The van der Waals surface area contributed by atoms with E-state index in [9.17, 15) is 5.26 Å². The van der Waals surface area contributed by atoms with Gasteiger partial charge in [-0.3, -0.25) is 4.98 Å². The van der Waals surface area contributed by atoms with Crippen LogP contribution in [0.2, 0.25) is 0 Å². The Hall–Kier alpha value is -5.19. The van der Waals surface area contributed by atoms with Crippen molar-refractivity contribution in [2.75, 3.05) is 0 Å². The van der Waals surface area contributed by atoms with E-state index in [1.165, 1.54) is 0 Å². The smallest absolute Gasteiger partial charge is 0.101 e. The highest BCUT2D eigenvalue weighted by Crippen LogP contribution is 2.39. The second-order valence-corrected chi connectivity index (χ2v) is 8.30. The van der Waals surface area contributed by atoms with Crippen LogP contribution in [0.1, 0.15) is 11.1 Å². The van der Waals surface area contributed by atoms with Crippen molar-refractivity contribution in [1.82, 2.24) is 9.55 Å². The lowest BCUT2D eigenvalue weighted by atomic mass is 9.95. The number of para-hydroxylation sites is 2. The van der Waals surface area contributed by atoms with Gasteiger partial charge in [-0.1, -0.05) is 60.7 Å². The van der Waals surface area contributed by atoms with Crippen LogP contribution in [-0.2, 0) is 0 Å². The van der Waals surface area contributed by atoms with Gasteiger partial charge < -0.3 is 4.57 Å². The molecule has 2 aromatic heterocycles. The van der Waals surface area contributed by atoms with Gasteiger partial charge in [0, 0.05) is 28.1 Å². The fourth-order valence-corrected chi connectivity index (χ4v) is 4.76. The summed E-state index contributed by atoms with van der Waals surface area (Å²) >= 11 is 0. The third-order valence-electron chi connectivity index (χ3n) is 6.33. The maximum absolute atomic E-state index is 9.48. The summed E-state index contributed by atoms with van der Waals surface area (Å²) in [5.41, 5.74) is 8.29. The molecule has 6 rings (SSSR count). The number of nitrogens with zero attached hydrogens (tertiary/aromatic N) is 4. The van der Waals surface area contributed by atoms with Crippen molar-refractivity contribution in [3.8, 4) is 40.2 Å². The summed E-state index contributed by atoms with van der Waals surface area (Å²) in [6.07, 6.45) is 1.61. The summed E-state index contributed by atoms with van der Waals surface area (Å²) < 4.78 is 2.27. The molecule has 4 aromatic carbocycles. The van der Waals surface area contributed by atoms with Crippen LogP contribution in [0.4, 0.5) is 0 Å². The SMILES string of the molecule is N#Cc1ccc(-c2ccccc2-c2ccccc2-n2c3ccccc3c3cc(C#N)ccc32)nc1. The Morgan fingerprint density at radius 2 is 1.23 bits per heavy atom. The number of pyridine rings is 1. The normalized spacial score (nSPS) is 10.8. The molecule has 4 heteroatoms. The summed E-state index contributed by atoms with van der Waals surface area (Å²) in [5.74, 6) is 0. The molecule has 0 saturated heterocycles. The Kier molecular flexibility index (Phi) is 4.84. The molecule has 0 aliphatic rings. The van der Waals surface area contributed by atoms with Gasteiger partial charge in [-0.05, 0) is 48.0 Å². The van der Waals surface area contributed by atoms with Gasteiger partial charge in [-0.25, -0.2) is 0 Å². The highest BCUT2D eigenvalue weighted by molar-refractivity contribution is 6.10. The first-order valence-electron chi connectivity index (χ1n) is 11.3. The van der Waals surface area contributed by atoms with E-state index in [4.69, 9.17) is 5.26 Å². The van der Waals surface area contributed by atoms with E-state index in [2.05, 4.69) is 58.1 Å². The van der Waals surface area contributed by atoms with E-state index in [1.54, 1.807) is 12.3 Å². The van der Waals surface area contributed by atoms with Crippen LogP contribution in [0, 0.1) is 22.7 Å². The quantitative estimate of drug-likeness (QED) is 0.287. The summed E-state index contributed by atoms with van der Waals surface area (Å²) in [7, 11) is 0. The monoisotopic (exact) mass is 446 g/mol. The Labute approximate surface area is 202 Å².